The smallest absolute Gasteiger partial charge is 0.248 e. The number of hydrogen-bond donors (Lipinski definition) is 0. The van der Waals surface area contributed by atoms with Gasteiger partial charge in [-0.2, -0.15) is 4.31 Å². The first-order chi connectivity index (χ1) is 20.5. The van der Waals surface area contributed by atoms with Crippen LogP contribution in [0.5, 0.6) is 0 Å². The highest BCUT2D eigenvalue weighted by Gasteiger charge is 2.39. The zero-order chi connectivity index (χ0) is 30.9. The molecule has 1 amide bonds. The van der Waals surface area contributed by atoms with E-state index in [2.05, 4.69) is 23.6 Å². The van der Waals surface area contributed by atoms with Gasteiger partial charge in [-0.3, -0.25) is 14.6 Å². The van der Waals surface area contributed by atoms with Crippen molar-refractivity contribution in [1.82, 2.24) is 23.6 Å². The molecule has 2 aromatic rings. The van der Waals surface area contributed by atoms with Crippen LogP contribution in [0.3, 0.4) is 0 Å². The average Bonchev–Trinajstić information content (AvgIpc) is 3.48. The summed E-state index contributed by atoms with van der Waals surface area (Å²) in [5.41, 5.74) is 1.44. The van der Waals surface area contributed by atoms with Crippen molar-refractivity contribution >= 4 is 39.1 Å². The third kappa shape index (κ3) is 6.95. The van der Waals surface area contributed by atoms with Crippen molar-refractivity contribution in [3.05, 3.63) is 51.8 Å². The molecule has 2 fully saturated rings. The van der Waals surface area contributed by atoms with E-state index in [1.807, 2.05) is 34.8 Å². The lowest BCUT2D eigenvalue weighted by Crippen LogP contribution is -2.54. The number of fused-ring (bicyclic) bond motifs is 1. The molecule has 238 valence electrons. The lowest BCUT2D eigenvalue weighted by atomic mass is 9.88. The average molecular weight is 655 g/mol. The van der Waals surface area contributed by atoms with Gasteiger partial charge in [0.05, 0.1) is 22.7 Å². The third-order valence-corrected chi connectivity index (χ3v) is 12.6. The standard InChI is InChI=1S/C31H45Cl2N5O4S/c1-22(2)35-13-15-36(16-14-35)25-8-5-7-24(19-25)34(4)29(39)21-42-20-28-27-9-6-12-37(27)17-18-38(28)43(40,41)31-26(32)11-10-23(3)30(31)33/h6,9-12,22,24-25,28H,5,7-8,13-21H2,1-4H3/t24-,25+,28?/m0/s1. The van der Waals surface area contributed by atoms with Crippen LogP contribution in [0.4, 0.5) is 0 Å². The molecular weight excluding hydrogens is 609 g/mol. The molecule has 1 aliphatic carbocycles. The van der Waals surface area contributed by atoms with Gasteiger partial charge in [0.15, 0.2) is 0 Å². The highest BCUT2D eigenvalue weighted by Crippen LogP contribution is 2.38. The predicted molar refractivity (Wildman–Crippen MR) is 170 cm³/mol. The van der Waals surface area contributed by atoms with E-state index in [1.54, 1.807) is 19.1 Å². The van der Waals surface area contributed by atoms with Crippen molar-refractivity contribution in [2.75, 3.05) is 53.0 Å². The maximum absolute atomic E-state index is 14.0. The van der Waals surface area contributed by atoms with Crippen LogP contribution >= 0.6 is 23.2 Å². The molecule has 1 saturated heterocycles. The summed E-state index contributed by atoms with van der Waals surface area (Å²) >= 11 is 12.9. The van der Waals surface area contributed by atoms with Crippen molar-refractivity contribution in [2.24, 2.45) is 0 Å². The van der Waals surface area contributed by atoms with Gasteiger partial charge in [0, 0.05) is 76.3 Å². The SMILES string of the molecule is Cc1ccc(Cl)c(S(=O)(=O)N2CCn3cccc3C2COCC(=O)N(C)[C@H]2CCC[C@@H](N3CCN(C(C)C)CC3)C2)c1Cl. The number of rotatable bonds is 9. The minimum absolute atomic E-state index is 0.0390. The van der Waals surface area contributed by atoms with Crippen LogP contribution < -0.4 is 0 Å². The number of carbonyl (C=O) groups excluding carboxylic acids is 1. The van der Waals surface area contributed by atoms with Crippen LogP contribution in [-0.4, -0.2) is 109 Å². The number of aryl methyl sites for hydroxylation is 1. The van der Waals surface area contributed by atoms with Crippen molar-refractivity contribution in [3.8, 4) is 0 Å². The Morgan fingerprint density at radius 2 is 1.81 bits per heavy atom. The molecule has 3 heterocycles. The zero-order valence-electron chi connectivity index (χ0n) is 25.7. The fraction of sp³-hybridized carbons (Fsp3) is 0.645. The van der Waals surface area contributed by atoms with E-state index in [0.29, 0.717) is 24.2 Å². The Morgan fingerprint density at radius 1 is 1.07 bits per heavy atom. The van der Waals surface area contributed by atoms with E-state index < -0.39 is 16.1 Å². The third-order valence-electron chi connectivity index (χ3n) is 9.58. The van der Waals surface area contributed by atoms with Gasteiger partial charge in [0.1, 0.15) is 11.5 Å². The van der Waals surface area contributed by atoms with E-state index in [0.717, 1.165) is 51.1 Å². The Morgan fingerprint density at radius 3 is 2.53 bits per heavy atom. The topological polar surface area (TPSA) is 78.3 Å². The van der Waals surface area contributed by atoms with Gasteiger partial charge in [0.25, 0.3) is 0 Å². The molecule has 0 bridgehead atoms. The molecule has 0 radical (unpaired) electrons. The van der Waals surface area contributed by atoms with E-state index in [1.165, 1.54) is 10.7 Å². The molecule has 1 unspecified atom stereocenters. The molecule has 12 heteroatoms. The van der Waals surface area contributed by atoms with Gasteiger partial charge < -0.3 is 14.2 Å². The van der Waals surface area contributed by atoms with Crippen molar-refractivity contribution in [2.45, 2.75) is 82.1 Å². The number of sulfonamides is 1. The number of aromatic nitrogens is 1. The molecule has 5 rings (SSSR count). The number of carbonyl (C=O) groups is 1. The summed E-state index contributed by atoms with van der Waals surface area (Å²) in [6.45, 7) is 11.3. The maximum atomic E-state index is 14.0. The summed E-state index contributed by atoms with van der Waals surface area (Å²) in [6, 6.07) is 7.68. The molecule has 43 heavy (non-hydrogen) atoms. The summed E-state index contributed by atoms with van der Waals surface area (Å²) in [6.07, 6.45) is 6.18. The van der Waals surface area contributed by atoms with Gasteiger partial charge in [-0.15, -0.1) is 0 Å². The number of benzene rings is 1. The highest BCUT2D eigenvalue weighted by atomic mass is 35.5. The lowest BCUT2D eigenvalue weighted by molar-refractivity contribution is -0.138. The van der Waals surface area contributed by atoms with Gasteiger partial charge in [-0.05, 0) is 70.2 Å². The number of ether oxygens (including phenoxy) is 1. The summed E-state index contributed by atoms with van der Waals surface area (Å²) in [5.74, 6) is -0.0827. The summed E-state index contributed by atoms with van der Waals surface area (Å²) in [5, 5.41) is 0.207. The van der Waals surface area contributed by atoms with E-state index in [-0.39, 0.29) is 46.6 Å². The Hall–Kier alpha value is -1.66. The zero-order valence-corrected chi connectivity index (χ0v) is 28.0. The van der Waals surface area contributed by atoms with Crippen molar-refractivity contribution in [3.63, 3.8) is 0 Å². The Bertz CT molecular complexity index is 1390. The first-order valence-electron chi connectivity index (χ1n) is 15.4. The van der Waals surface area contributed by atoms with Crippen LogP contribution in [0.15, 0.2) is 35.4 Å². The number of likely N-dealkylation sites (N-methyl/N-ethyl adjacent to an activating group) is 1. The monoisotopic (exact) mass is 653 g/mol. The first kappa shape index (κ1) is 32.7. The van der Waals surface area contributed by atoms with Gasteiger partial charge in [-0.1, -0.05) is 29.3 Å². The fourth-order valence-corrected chi connectivity index (χ4v) is 9.61. The molecule has 1 aromatic carbocycles. The normalized spacial score (nSPS) is 24.3. The van der Waals surface area contributed by atoms with Crippen molar-refractivity contribution < 1.29 is 17.9 Å². The van der Waals surface area contributed by atoms with Crippen LogP contribution in [0.1, 0.15) is 56.8 Å². The second kappa shape index (κ2) is 13.8. The summed E-state index contributed by atoms with van der Waals surface area (Å²) in [4.78, 5) is 20.2. The lowest BCUT2D eigenvalue weighted by Gasteiger charge is -2.44. The van der Waals surface area contributed by atoms with Crippen LogP contribution in [0.2, 0.25) is 10.0 Å². The summed E-state index contributed by atoms with van der Waals surface area (Å²) < 4.78 is 37.4. The number of amides is 1. The second-order valence-corrected chi connectivity index (χ2v) is 15.0. The molecule has 1 aromatic heterocycles. The van der Waals surface area contributed by atoms with Crippen LogP contribution in [-0.2, 0) is 26.1 Å². The molecule has 2 aliphatic heterocycles. The van der Waals surface area contributed by atoms with Gasteiger partial charge in [-0.25, -0.2) is 8.42 Å². The van der Waals surface area contributed by atoms with Gasteiger partial charge in [0.2, 0.25) is 15.9 Å². The molecule has 3 aliphatic rings. The van der Waals surface area contributed by atoms with E-state index in [9.17, 15) is 13.2 Å². The molecule has 1 saturated carbocycles. The molecule has 0 N–H and O–H groups in total. The largest absolute Gasteiger partial charge is 0.370 e. The number of piperazine rings is 1. The second-order valence-electron chi connectivity index (χ2n) is 12.4. The summed E-state index contributed by atoms with van der Waals surface area (Å²) in [7, 11) is -2.18. The molecule has 9 nitrogen and oxygen atoms in total. The van der Waals surface area contributed by atoms with Crippen LogP contribution in [0.25, 0.3) is 0 Å². The number of hydrogen-bond acceptors (Lipinski definition) is 6. The van der Waals surface area contributed by atoms with Crippen LogP contribution in [0, 0.1) is 6.92 Å². The Kier molecular flexibility index (Phi) is 10.5. The number of nitrogens with zero attached hydrogens (tertiary/aromatic N) is 5. The van der Waals surface area contributed by atoms with E-state index in [4.69, 9.17) is 27.9 Å². The highest BCUT2D eigenvalue weighted by molar-refractivity contribution is 7.89. The van der Waals surface area contributed by atoms with E-state index >= 15 is 0 Å². The molecule has 3 atom stereocenters. The predicted octanol–water partition coefficient (Wildman–Crippen LogP) is 4.66. The quantitative estimate of drug-likeness (QED) is 0.392. The minimum Gasteiger partial charge on any atom is -0.370 e. The maximum Gasteiger partial charge on any atom is 0.248 e. The first-order valence-corrected chi connectivity index (χ1v) is 17.6. The van der Waals surface area contributed by atoms with Crippen molar-refractivity contribution in [1.29, 1.82) is 0 Å². The van der Waals surface area contributed by atoms with Gasteiger partial charge >= 0.3 is 0 Å². The fourth-order valence-electron chi connectivity index (χ4n) is 6.89. The Balaban J connectivity index is 1.22. The molecular formula is C31H45Cl2N5O4S. The Labute approximate surface area is 266 Å². The number of halogens is 2. The molecule has 0 spiro atoms. The minimum atomic E-state index is -4.05.